The summed E-state index contributed by atoms with van der Waals surface area (Å²) in [6.07, 6.45) is 3.57. The summed E-state index contributed by atoms with van der Waals surface area (Å²) in [6.45, 7) is 2.97. The molecule has 0 radical (unpaired) electrons. The Morgan fingerprint density at radius 3 is 3.12 bits per heavy atom. The minimum absolute atomic E-state index is 0.00864. The van der Waals surface area contributed by atoms with Crippen LogP contribution in [0.2, 0.25) is 4.34 Å². The molecule has 1 aromatic heterocycles. The zero-order valence-corrected chi connectivity index (χ0v) is 11.2. The highest BCUT2D eigenvalue weighted by molar-refractivity contribution is 7.17. The normalized spacial score (nSPS) is 20.2. The molecule has 1 aromatic rings. The predicted octanol–water partition coefficient (Wildman–Crippen LogP) is 2.52. The van der Waals surface area contributed by atoms with Crippen molar-refractivity contribution in [1.82, 2.24) is 10.6 Å². The Bertz CT molecular complexity index is 374. The molecule has 1 aliphatic heterocycles. The highest BCUT2D eigenvalue weighted by Gasteiger charge is 2.13. The Morgan fingerprint density at radius 1 is 1.59 bits per heavy atom. The summed E-state index contributed by atoms with van der Waals surface area (Å²) < 4.78 is 0.659. The fourth-order valence-corrected chi connectivity index (χ4v) is 3.04. The predicted molar refractivity (Wildman–Crippen MR) is 71.9 cm³/mol. The van der Waals surface area contributed by atoms with E-state index in [4.69, 9.17) is 11.6 Å². The van der Waals surface area contributed by atoms with Crippen LogP contribution in [0.25, 0.3) is 0 Å². The van der Waals surface area contributed by atoms with Gasteiger partial charge in [-0.2, -0.15) is 0 Å². The van der Waals surface area contributed by atoms with Gasteiger partial charge in [-0.3, -0.25) is 4.79 Å². The number of piperidine rings is 1. The number of hydrogen-bond acceptors (Lipinski definition) is 3. The summed E-state index contributed by atoms with van der Waals surface area (Å²) in [5, 5.41) is 6.32. The van der Waals surface area contributed by atoms with Gasteiger partial charge in [0.05, 0.1) is 9.21 Å². The van der Waals surface area contributed by atoms with Crippen molar-refractivity contribution in [2.75, 3.05) is 19.6 Å². The highest BCUT2D eigenvalue weighted by atomic mass is 35.5. The molecule has 2 rings (SSSR count). The summed E-state index contributed by atoms with van der Waals surface area (Å²) >= 11 is 7.11. The van der Waals surface area contributed by atoms with Gasteiger partial charge in [-0.05, 0) is 50.4 Å². The Balaban J connectivity index is 1.69. The Hall–Kier alpha value is -0.580. The molecule has 2 N–H and O–H groups in total. The third-order valence-corrected chi connectivity index (χ3v) is 4.26. The zero-order chi connectivity index (χ0) is 12.1. The first-order valence-corrected chi connectivity index (χ1v) is 7.19. The third kappa shape index (κ3) is 3.98. The summed E-state index contributed by atoms with van der Waals surface area (Å²) in [5.41, 5.74) is 0. The molecule has 0 spiro atoms. The lowest BCUT2D eigenvalue weighted by Gasteiger charge is -2.22. The van der Waals surface area contributed by atoms with Gasteiger partial charge in [0, 0.05) is 6.54 Å². The average Bonchev–Trinajstić information content (AvgIpc) is 2.77. The van der Waals surface area contributed by atoms with E-state index in [1.54, 1.807) is 12.1 Å². The van der Waals surface area contributed by atoms with Crippen molar-refractivity contribution < 1.29 is 4.79 Å². The number of rotatable bonds is 4. The molecule has 2 heterocycles. The maximum atomic E-state index is 11.7. The summed E-state index contributed by atoms with van der Waals surface area (Å²) in [6, 6.07) is 3.52. The van der Waals surface area contributed by atoms with Gasteiger partial charge in [0.1, 0.15) is 0 Å². The number of carbonyl (C=O) groups is 1. The van der Waals surface area contributed by atoms with Gasteiger partial charge in [-0.15, -0.1) is 11.3 Å². The van der Waals surface area contributed by atoms with Crippen LogP contribution >= 0.6 is 22.9 Å². The van der Waals surface area contributed by atoms with Crippen LogP contribution in [0.4, 0.5) is 0 Å². The number of nitrogens with one attached hydrogen (secondary N) is 2. The Kier molecular flexibility index (Phi) is 4.83. The van der Waals surface area contributed by atoms with Gasteiger partial charge < -0.3 is 10.6 Å². The molecule has 94 valence electrons. The van der Waals surface area contributed by atoms with Gasteiger partial charge >= 0.3 is 0 Å². The number of hydrogen-bond donors (Lipinski definition) is 2. The fraction of sp³-hybridized carbons (Fsp3) is 0.583. The molecular formula is C12H17ClN2OS. The van der Waals surface area contributed by atoms with E-state index >= 15 is 0 Å². The lowest BCUT2D eigenvalue weighted by atomic mass is 9.96. The first kappa shape index (κ1) is 12.9. The van der Waals surface area contributed by atoms with Gasteiger partial charge in [-0.25, -0.2) is 0 Å². The van der Waals surface area contributed by atoms with E-state index in [9.17, 15) is 4.79 Å². The van der Waals surface area contributed by atoms with Crippen LogP contribution in [0.1, 0.15) is 28.9 Å². The maximum absolute atomic E-state index is 11.7. The van der Waals surface area contributed by atoms with E-state index in [0.29, 0.717) is 15.1 Å². The second kappa shape index (κ2) is 6.38. The van der Waals surface area contributed by atoms with Crippen LogP contribution in [-0.4, -0.2) is 25.5 Å². The molecule has 1 aliphatic rings. The topological polar surface area (TPSA) is 41.1 Å². The van der Waals surface area contributed by atoms with Crippen LogP contribution in [0.5, 0.6) is 0 Å². The second-order valence-electron chi connectivity index (χ2n) is 4.36. The second-order valence-corrected chi connectivity index (χ2v) is 6.08. The van der Waals surface area contributed by atoms with E-state index in [2.05, 4.69) is 10.6 Å². The Morgan fingerprint density at radius 2 is 2.47 bits per heavy atom. The van der Waals surface area contributed by atoms with Gasteiger partial charge in [0.25, 0.3) is 5.91 Å². The molecule has 1 saturated heterocycles. The lowest BCUT2D eigenvalue weighted by Crippen LogP contribution is -2.33. The molecule has 3 nitrogen and oxygen atoms in total. The molecular weight excluding hydrogens is 256 g/mol. The average molecular weight is 273 g/mol. The SMILES string of the molecule is O=C(NCCC1CCCNC1)c1ccc(Cl)s1. The summed E-state index contributed by atoms with van der Waals surface area (Å²) in [5.74, 6) is 0.696. The molecule has 0 bridgehead atoms. The molecule has 5 heteroatoms. The number of halogens is 1. The highest BCUT2D eigenvalue weighted by Crippen LogP contribution is 2.21. The lowest BCUT2D eigenvalue weighted by molar-refractivity contribution is 0.0954. The van der Waals surface area contributed by atoms with Crippen LogP contribution < -0.4 is 10.6 Å². The van der Waals surface area contributed by atoms with E-state index in [0.717, 1.165) is 26.1 Å². The first-order valence-electron chi connectivity index (χ1n) is 6.00. The van der Waals surface area contributed by atoms with Gasteiger partial charge in [0.2, 0.25) is 0 Å². The molecule has 0 saturated carbocycles. The summed E-state index contributed by atoms with van der Waals surface area (Å²) in [4.78, 5) is 12.4. The van der Waals surface area contributed by atoms with E-state index in [1.807, 2.05) is 0 Å². The van der Waals surface area contributed by atoms with E-state index in [-0.39, 0.29) is 5.91 Å². The van der Waals surface area contributed by atoms with Crippen molar-refractivity contribution in [1.29, 1.82) is 0 Å². The standard InChI is InChI=1S/C12H17ClN2OS/c13-11-4-3-10(17-11)12(16)15-7-5-9-2-1-6-14-8-9/h3-4,9,14H,1-2,5-8H2,(H,15,16). The molecule has 0 aliphatic carbocycles. The van der Waals surface area contributed by atoms with Crippen LogP contribution in [0.15, 0.2) is 12.1 Å². The molecule has 17 heavy (non-hydrogen) atoms. The monoisotopic (exact) mass is 272 g/mol. The van der Waals surface area contributed by atoms with Gasteiger partial charge in [0.15, 0.2) is 0 Å². The molecule has 0 aromatic carbocycles. The first-order chi connectivity index (χ1) is 8.25. The van der Waals surface area contributed by atoms with Crippen molar-refractivity contribution in [3.05, 3.63) is 21.3 Å². The van der Waals surface area contributed by atoms with Crippen molar-refractivity contribution in [3.63, 3.8) is 0 Å². The number of thiophene rings is 1. The minimum atomic E-state index is -0.00864. The number of amides is 1. The van der Waals surface area contributed by atoms with E-state index < -0.39 is 0 Å². The Labute approximate surface area is 111 Å². The summed E-state index contributed by atoms with van der Waals surface area (Å²) in [7, 11) is 0. The smallest absolute Gasteiger partial charge is 0.261 e. The zero-order valence-electron chi connectivity index (χ0n) is 9.67. The number of carbonyl (C=O) groups excluding carboxylic acids is 1. The van der Waals surface area contributed by atoms with Crippen molar-refractivity contribution in [2.24, 2.45) is 5.92 Å². The van der Waals surface area contributed by atoms with Crippen LogP contribution in [0, 0.1) is 5.92 Å². The van der Waals surface area contributed by atoms with Crippen LogP contribution in [0.3, 0.4) is 0 Å². The fourth-order valence-electron chi connectivity index (χ4n) is 2.08. The van der Waals surface area contributed by atoms with E-state index in [1.165, 1.54) is 24.2 Å². The molecule has 1 fully saturated rings. The quantitative estimate of drug-likeness (QED) is 0.884. The van der Waals surface area contributed by atoms with Crippen molar-refractivity contribution in [3.8, 4) is 0 Å². The van der Waals surface area contributed by atoms with Crippen LogP contribution in [-0.2, 0) is 0 Å². The minimum Gasteiger partial charge on any atom is -0.351 e. The maximum Gasteiger partial charge on any atom is 0.261 e. The van der Waals surface area contributed by atoms with Gasteiger partial charge in [-0.1, -0.05) is 11.6 Å². The molecule has 1 amide bonds. The van der Waals surface area contributed by atoms with Crippen molar-refractivity contribution in [2.45, 2.75) is 19.3 Å². The molecule has 1 atom stereocenters. The molecule has 1 unspecified atom stereocenters. The largest absolute Gasteiger partial charge is 0.351 e. The van der Waals surface area contributed by atoms with Crippen molar-refractivity contribution >= 4 is 28.8 Å². The third-order valence-electron chi connectivity index (χ3n) is 3.03.